The van der Waals surface area contributed by atoms with Gasteiger partial charge in [0, 0.05) is 52.3 Å². The van der Waals surface area contributed by atoms with Crippen molar-refractivity contribution in [2.75, 3.05) is 60.1 Å². The molecular weight excluding hydrogens is 394 g/mol. The van der Waals surface area contributed by atoms with E-state index in [2.05, 4.69) is 16.7 Å². The van der Waals surface area contributed by atoms with E-state index in [9.17, 15) is 9.59 Å². The molecule has 4 rings (SSSR count). The summed E-state index contributed by atoms with van der Waals surface area (Å²) < 4.78 is 10.5. The lowest BCUT2D eigenvalue weighted by molar-refractivity contribution is -0.138. The molecule has 2 amide bonds. The number of piperidine rings is 1. The maximum atomic E-state index is 13.2. The van der Waals surface area contributed by atoms with Crippen molar-refractivity contribution in [3.63, 3.8) is 0 Å². The number of hydrogen-bond acceptors (Lipinski definition) is 5. The second-order valence-electron chi connectivity index (χ2n) is 9.06. The Hall–Kier alpha value is -2.12. The first-order valence-corrected chi connectivity index (χ1v) is 11.5. The molecule has 3 heterocycles. The van der Waals surface area contributed by atoms with Crippen LogP contribution in [0.5, 0.6) is 5.75 Å². The molecule has 170 valence electrons. The van der Waals surface area contributed by atoms with Gasteiger partial charge in [-0.25, -0.2) is 0 Å². The van der Waals surface area contributed by atoms with Crippen molar-refractivity contribution in [3.05, 3.63) is 29.8 Å². The Labute approximate surface area is 185 Å². The molecular formula is C24H35N3O4. The molecule has 3 aliphatic heterocycles. The summed E-state index contributed by atoms with van der Waals surface area (Å²) in [5.41, 5.74) is 0.867. The highest BCUT2D eigenvalue weighted by atomic mass is 16.5. The normalized spacial score (nSPS) is 25.3. The van der Waals surface area contributed by atoms with Crippen LogP contribution in [0.4, 0.5) is 0 Å². The Morgan fingerprint density at radius 1 is 1.19 bits per heavy atom. The molecule has 0 aromatic heterocycles. The van der Waals surface area contributed by atoms with Crippen LogP contribution in [0, 0.1) is 11.8 Å². The van der Waals surface area contributed by atoms with Crippen LogP contribution >= 0.6 is 0 Å². The van der Waals surface area contributed by atoms with Crippen molar-refractivity contribution >= 4 is 11.8 Å². The van der Waals surface area contributed by atoms with E-state index in [1.54, 1.807) is 14.2 Å². The topological polar surface area (TPSA) is 62.3 Å². The average molecular weight is 430 g/mol. The number of fused-ring (bicyclic) bond motifs is 2. The number of carbonyl (C=O) groups excluding carboxylic acids is 2. The molecule has 0 N–H and O–H groups in total. The van der Waals surface area contributed by atoms with Gasteiger partial charge in [-0.2, -0.15) is 0 Å². The van der Waals surface area contributed by atoms with Crippen molar-refractivity contribution in [3.8, 4) is 5.75 Å². The monoisotopic (exact) mass is 429 g/mol. The predicted molar refractivity (Wildman–Crippen MR) is 118 cm³/mol. The predicted octanol–water partition coefficient (Wildman–Crippen LogP) is 1.66. The van der Waals surface area contributed by atoms with E-state index >= 15 is 0 Å². The number of carbonyl (C=O) groups is 2. The number of rotatable bonds is 7. The molecule has 1 aromatic carbocycles. The summed E-state index contributed by atoms with van der Waals surface area (Å²) in [6, 6.07) is 7.71. The van der Waals surface area contributed by atoms with Crippen LogP contribution in [0.25, 0.3) is 0 Å². The first-order chi connectivity index (χ1) is 15.0. The minimum absolute atomic E-state index is 0.0934. The SMILES string of the molecule is CCN1C(=O)[C@@H]2CN(CCOC)C[C@@H]2C12CCN(C(=O)Cc1cccc(OC)c1)CC2. The van der Waals surface area contributed by atoms with Crippen molar-refractivity contribution in [1.82, 2.24) is 14.7 Å². The number of ether oxygens (including phenoxy) is 2. The maximum Gasteiger partial charge on any atom is 0.227 e. The van der Waals surface area contributed by atoms with Gasteiger partial charge in [0.2, 0.25) is 11.8 Å². The maximum absolute atomic E-state index is 13.2. The van der Waals surface area contributed by atoms with E-state index in [-0.39, 0.29) is 17.4 Å². The van der Waals surface area contributed by atoms with E-state index in [1.165, 1.54) is 0 Å². The van der Waals surface area contributed by atoms with Crippen LogP contribution in [-0.2, 0) is 20.7 Å². The molecule has 1 spiro atoms. The second kappa shape index (κ2) is 9.17. The summed E-state index contributed by atoms with van der Waals surface area (Å²) >= 11 is 0. The minimum atomic E-state index is -0.106. The fraction of sp³-hybridized carbons (Fsp3) is 0.667. The lowest BCUT2D eigenvalue weighted by Gasteiger charge is -2.48. The molecule has 0 unspecified atom stereocenters. The van der Waals surface area contributed by atoms with Gasteiger partial charge < -0.3 is 19.3 Å². The van der Waals surface area contributed by atoms with Gasteiger partial charge in [0.1, 0.15) is 5.75 Å². The Kier molecular flexibility index (Phi) is 6.53. The third-order valence-electron chi connectivity index (χ3n) is 7.61. The molecule has 7 nitrogen and oxygen atoms in total. The smallest absolute Gasteiger partial charge is 0.227 e. The fourth-order valence-electron chi connectivity index (χ4n) is 6.03. The fourth-order valence-corrected chi connectivity index (χ4v) is 6.03. The summed E-state index contributed by atoms with van der Waals surface area (Å²) in [5.74, 6) is 1.68. The van der Waals surface area contributed by atoms with Crippen LogP contribution in [0.2, 0.25) is 0 Å². The summed E-state index contributed by atoms with van der Waals surface area (Å²) in [6.45, 7) is 7.64. The highest BCUT2D eigenvalue weighted by Crippen LogP contribution is 2.49. The molecule has 31 heavy (non-hydrogen) atoms. The highest BCUT2D eigenvalue weighted by Gasteiger charge is 2.61. The van der Waals surface area contributed by atoms with Crippen LogP contribution in [0.1, 0.15) is 25.3 Å². The van der Waals surface area contributed by atoms with Crippen LogP contribution < -0.4 is 4.74 Å². The number of amides is 2. The first kappa shape index (κ1) is 22.1. The van der Waals surface area contributed by atoms with Crippen molar-refractivity contribution in [1.29, 1.82) is 0 Å². The molecule has 3 saturated heterocycles. The molecule has 0 bridgehead atoms. The lowest BCUT2D eigenvalue weighted by Crippen LogP contribution is -2.58. The average Bonchev–Trinajstić information content (AvgIpc) is 3.30. The Morgan fingerprint density at radius 2 is 1.97 bits per heavy atom. The van der Waals surface area contributed by atoms with Crippen molar-refractivity contribution in [2.24, 2.45) is 11.8 Å². The van der Waals surface area contributed by atoms with E-state index < -0.39 is 0 Å². The van der Waals surface area contributed by atoms with Crippen molar-refractivity contribution in [2.45, 2.75) is 31.7 Å². The number of hydrogen-bond donors (Lipinski definition) is 0. The molecule has 0 radical (unpaired) electrons. The molecule has 7 heteroatoms. The van der Waals surface area contributed by atoms with Gasteiger partial charge >= 0.3 is 0 Å². The van der Waals surface area contributed by atoms with Crippen molar-refractivity contribution < 1.29 is 19.1 Å². The van der Waals surface area contributed by atoms with E-state index in [1.807, 2.05) is 29.2 Å². The first-order valence-electron chi connectivity index (χ1n) is 11.5. The largest absolute Gasteiger partial charge is 0.497 e. The number of nitrogens with zero attached hydrogens (tertiary/aromatic N) is 3. The molecule has 3 aliphatic rings. The Morgan fingerprint density at radius 3 is 2.65 bits per heavy atom. The highest BCUT2D eigenvalue weighted by molar-refractivity contribution is 5.84. The number of methoxy groups -OCH3 is 2. The van der Waals surface area contributed by atoms with Gasteiger partial charge in [-0.15, -0.1) is 0 Å². The zero-order valence-corrected chi connectivity index (χ0v) is 19.0. The summed E-state index contributed by atoms with van der Waals surface area (Å²) in [5, 5.41) is 0. The second-order valence-corrected chi connectivity index (χ2v) is 9.06. The van der Waals surface area contributed by atoms with Gasteiger partial charge in [-0.05, 0) is 37.5 Å². The van der Waals surface area contributed by atoms with Crippen LogP contribution in [-0.4, -0.2) is 92.1 Å². The number of benzene rings is 1. The van der Waals surface area contributed by atoms with Gasteiger partial charge in [0.15, 0.2) is 0 Å². The van der Waals surface area contributed by atoms with Gasteiger partial charge in [0.25, 0.3) is 0 Å². The van der Waals surface area contributed by atoms with Gasteiger partial charge in [-0.1, -0.05) is 12.1 Å². The zero-order chi connectivity index (χ0) is 22.0. The van der Waals surface area contributed by atoms with E-state index in [4.69, 9.17) is 9.47 Å². The van der Waals surface area contributed by atoms with Crippen LogP contribution in [0.15, 0.2) is 24.3 Å². The van der Waals surface area contributed by atoms with Crippen LogP contribution in [0.3, 0.4) is 0 Å². The lowest BCUT2D eigenvalue weighted by atomic mass is 9.74. The summed E-state index contributed by atoms with van der Waals surface area (Å²) in [4.78, 5) is 32.7. The third-order valence-corrected chi connectivity index (χ3v) is 7.61. The Balaban J connectivity index is 1.42. The van der Waals surface area contributed by atoms with E-state index in [0.717, 1.165) is 50.3 Å². The molecule has 2 atom stereocenters. The standard InChI is InChI=1S/C24H35N3O4/c1-4-27-23(29)20-16-25(12-13-30-2)17-21(20)24(27)8-10-26(11-9-24)22(28)15-18-6-5-7-19(14-18)31-3/h5-7,14,20-21H,4,8-13,15-17H2,1-3H3/t20-,21+/m1/s1. The molecule has 0 aliphatic carbocycles. The Bertz CT molecular complexity index is 806. The third kappa shape index (κ3) is 4.05. The summed E-state index contributed by atoms with van der Waals surface area (Å²) in [7, 11) is 3.36. The summed E-state index contributed by atoms with van der Waals surface area (Å²) in [6.07, 6.45) is 2.13. The zero-order valence-electron chi connectivity index (χ0n) is 19.0. The van der Waals surface area contributed by atoms with Gasteiger partial charge in [-0.3, -0.25) is 14.5 Å². The molecule has 0 saturated carbocycles. The minimum Gasteiger partial charge on any atom is -0.497 e. The molecule has 3 fully saturated rings. The van der Waals surface area contributed by atoms with Gasteiger partial charge in [0.05, 0.1) is 31.6 Å². The van der Waals surface area contributed by atoms with E-state index in [0.29, 0.717) is 37.9 Å². The number of likely N-dealkylation sites (tertiary alicyclic amines) is 3. The quantitative estimate of drug-likeness (QED) is 0.660. The molecule has 1 aromatic rings.